The molecule has 6 aromatic rings. The molecule has 6 aromatic carbocycles. The van der Waals surface area contributed by atoms with E-state index in [-0.39, 0.29) is 98.8 Å². The van der Waals surface area contributed by atoms with Crippen molar-refractivity contribution >= 4 is 64.2 Å². The van der Waals surface area contributed by atoms with Gasteiger partial charge in [-0.2, -0.15) is 16.8 Å². The average molecular weight is 1500 g/mol. The minimum atomic E-state index is -4.10. The molecule has 3 aliphatic rings. The normalized spacial score (nSPS) is 19.0. The molecule has 0 spiro atoms. The van der Waals surface area contributed by atoms with Gasteiger partial charge in [-0.25, -0.2) is 0 Å². The van der Waals surface area contributed by atoms with Gasteiger partial charge in [0.2, 0.25) is 26.6 Å². The lowest BCUT2D eigenvalue weighted by Gasteiger charge is -2.34. The number of allylic oxidation sites excluding steroid dienone is 7. The zero-order valence-electron chi connectivity index (χ0n) is 60.3. The number of carbonyl (C=O) groups is 2. The molecule has 4 atom stereocenters. The number of hydrogen-bond acceptors (Lipinski definition) is 13. The van der Waals surface area contributed by atoms with Crippen LogP contribution in [-0.4, -0.2) is 106 Å². The van der Waals surface area contributed by atoms with Gasteiger partial charge < -0.3 is 29.3 Å². The van der Waals surface area contributed by atoms with Crippen LogP contribution in [0.2, 0.25) is 0 Å². The Balaban J connectivity index is 0.871. The lowest BCUT2D eigenvalue weighted by molar-refractivity contribution is -0.121. The summed E-state index contributed by atoms with van der Waals surface area (Å²) < 4.78 is 116. The van der Waals surface area contributed by atoms with Crippen molar-refractivity contribution in [1.82, 2.24) is 10.6 Å². The van der Waals surface area contributed by atoms with Crippen molar-refractivity contribution in [2.75, 3.05) is 67.3 Å². The first-order valence-corrected chi connectivity index (χ1v) is 44.4. The van der Waals surface area contributed by atoms with Crippen LogP contribution in [-0.2, 0) is 89.6 Å². The molecule has 554 valence electrons. The number of para-hydroxylation sites is 1. The van der Waals surface area contributed by atoms with Crippen LogP contribution in [0.25, 0.3) is 0 Å². The number of unbranched alkanes of at least 4 members (excludes halogenated alkanes) is 3. The van der Waals surface area contributed by atoms with Gasteiger partial charge in [0.1, 0.15) is 5.40 Å². The molecule has 103 heavy (non-hydrogen) atoms. The second kappa shape index (κ2) is 38.7. The number of amides is 2. The SMILES string of the molecule is CC1(C)/C(=C\C=C2/CCCC(/C=C/C3CCC(CCCCCS(=O)(=O)O)c4ccccc4C3(C)C)=C2SCCC(=O)NCCOCCNC(=O)CC(P(=O)(CCc2ccccc2)OCc2ccccc2)P(=O)(CCc2ccccc2)OCc2ccccc2)N(CCCCS(=O)(=O)O)c2ccccc21. The molecule has 2 amide bonds. The summed E-state index contributed by atoms with van der Waals surface area (Å²) in [5, 5.41) is 4.70. The van der Waals surface area contributed by atoms with E-state index in [1.54, 1.807) is 11.8 Å². The molecule has 0 fully saturated rings. The summed E-state index contributed by atoms with van der Waals surface area (Å²) in [7, 11) is -16.1. The van der Waals surface area contributed by atoms with Gasteiger partial charge in [0.15, 0.2) is 0 Å². The molecule has 2 aliphatic carbocycles. The van der Waals surface area contributed by atoms with Gasteiger partial charge in [0, 0.05) is 72.3 Å². The Morgan fingerprint density at radius 3 is 1.73 bits per heavy atom. The molecule has 0 bridgehead atoms. The van der Waals surface area contributed by atoms with E-state index in [0.29, 0.717) is 50.3 Å². The Hall–Kier alpha value is -6.47. The van der Waals surface area contributed by atoms with Crippen LogP contribution in [0.15, 0.2) is 216 Å². The number of aryl methyl sites for hydroxylation is 2. The average Bonchev–Trinajstić information content (AvgIpc) is 1.62. The Morgan fingerprint density at radius 1 is 0.621 bits per heavy atom. The van der Waals surface area contributed by atoms with Crippen LogP contribution >= 0.6 is 26.5 Å². The van der Waals surface area contributed by atoms with Gasteiger partial charge in [-0.1, -0.05) is 223 Å². The van der Waals surface area contributed by atoms with E-state index in [9.17, 15) is 35.5 Å². The number of hydrogen-bond donors (Lipinski definition) is 4. The minimum absolute atomic E-state index is 0.0155. The maximum Gasteiger partial charge on any atom is 0.264 e. The van der Waals surface area contributed by atoms with Crippen LogP contribution in [0.5, 0.6) is 0 Å². The summed E-state index contributed by atoms with van der Waals surface area (Å²) in [6.07, 6.45) is 18.3. The molecule has 0 saturated carbocycles. The molecule has 0 radical (unpaired) electrons. The highest BCUT2D eigenvalue weighted by Crippen LogP contribution is 2.71. The topological polar surface area (TPSA) is 232 Å². The maximum absolute atomic E-state index is 16.0. The molecule has 16 nitrogen and oxygen atoms in total. The first kappa shape index (κ1) is 80.6. The number of fused-ring (bicyclic) bond motifs is 2. The number of rotatable bonds is 40. The van der Waals surface area contributed by atoms with Gasteiger partial charge >= 0.3 is 0 Å². The molecule has 4 N–H and O–H groups in total. The molecule has 0 aromatic heterocycles. The molecule has 1 heterocycles. The molecule has 4 unspecified atom stereocenters. The molecule has 1 aliphatic heterocycles. The van der Waals surface area contributed by atoms with Crippen LogP contribution < -0.4 is 15.5 Å². The van der Waals surface area contributed by atoms with Crippen molar-refractivity contribution in [3.8, 4) is 0 Å². The van der Waals surface area contributed by atoms with E-state index in [1.807, 2.05) is 133 Å². The fourth-order valence-corrected chi connectivity index (χ4v) is 24.0. The number of nitrogens with one attached hydrogen (secondary N) is 2. The fraction of sp³-hybridized carbons (Fsp3) is 0.439. The summed E-state index contributed by atoms with van der Waals surface area (Å²) in [6.45, 7) is 10.3. The van der Waals surface area contributed by atoms with E-state index in [4.69, 9.17) is 13.8 Å². The molecule has 21 heteroatoms. The zero-order valence-corrected chi connectivity index (χ0v) is 64.5. The summed E-state index contributed by atoms with van der Waals surface area (Å²) in [5.74, 6) is -0.0859. The predicted octanol–water partition coefficient (Wildman–Crippen LogP) is 17.7. The standard InChI is InChI=1S/C82H105N3O13P2S3/c1-81(2)71(45-42-68(72-38-19-20-39-73(72)81)35-18-9-24-59-102(90,91)92)46-43-69-36-26-37-70(44-47-76-82(3,4)74-40-21-22-41-75(74)85(76)53-23-25-60-103(93,94)95)80(69)101-58-50-77(86)83-51-54-96-55-52-84-78(87)61-79(99(88,56-48-64-27-10-5-11-28-64)97-62-66-31-14-7-15-32-66)100(89,57-49-65-29-12-6-13-30-65)98-63-67-33-16-8-17-34-67/h5-8,10-17,19-22,27-34,38-41,43-44,46-47,68,71,79H,9,18,23-26,35-37,42,45,48-63H2,1-4H3,(H,83,86)(H,84,87)(H,90,91,92)(H,93,94,95)/b46-43+,70-44+,76-47+. The molecule has 9 rings (SSSR count). The number of carbonyl (C=O) groups excluding carboxylic acids is 2. The van der Waals surface area contributed by atoms with Gasteiger partial charge in [0.05, 0.1) is 37.9 Å². The first-order chi connectivity index (χ1) is 49.4. The predicted molar refractivity (Wildman–Crippen MR) is 418 cm³/mol. The van der Waals surface area contributed by atoms with Crippen molar-refractivity contribution in [2.45, 2.75) is 159 Å². The van der Waals surface area contributed by atoms with Crippen molar-refractivity contribution in [1.29, 1.82) is 0 Å². The number of anilines is 1. The lowest BCUT2D eigenvalue weighted by Crippen LogP contribution is -2.33. The molecular formula is C82H105N3O13P2S3. The summed E-state index contributed by atoms with van der Waals surface area (Å²) >= 11 is 1.69. The lowest BCUT2D eigenvalue weighted by atomic mass is 9.71. The van der Waals surface area contributed by atoms with Crippen molar-refractivity contribution in [3.63, 3.8) is 0 Å². The molecule has 0 saturated heterocycles. The summed E-state index contributed by atoms with van der Waals surface area (Å²) in [6, 6.07) is 55.2. The highest BCUT2D eigenvalue weighted by Gasteiger charge is 2.49. The third kappa shape index (κ3) is 24.3. The van der Waals surface area contributed by atoms with Crippen molar-refractivity contribution in [3.05, 3.63) is 255 Å². The fourth-order valence-electron chi connectivity index (χ4n) is 14.5. The van der Waals surface area contributed by atoms with Gasteiger partial charge in [-0.15, -0.1) is 11.8 Å². The van der Waals surface area contributed by atoms with Gasteiger partial charge in [-0.3, -0.25) is 27.8 Å². The largest absolute Gasteiger partial charge is 0.378 e. The quantitative estimate of drug-likeness (QED) is 0.0121. The minimum Gasteiger partial charge on any atom is -0.378 e. The van der Waals surface area contributed by atoms with Gasteiger partial charge in [-0.05, 0) is 150 Å². The Morgan fingerprint density at radius 2 is 1.15 bits per heavy atom. The third-order valence-electron chi connectivity index (χ3n) is 20.3. The third-order valence-corrected chi connectivity index (χ3v) is 30.2. The highest BCUT2D eigenvalue weighted by molar-refractivity contribution is 8.03. The van der Waals surface area contributed by atoms with Crippen LogP contribution in [0.4, 0.5) is 5.69 Å². The monoisotopic (exact) mass is 1500 g/mol. The number of nitrogens with zero attached hydrogens (tertiary/aromatic N) is 1. The van der Waals surface area contributed by atoms with Crippen LogP contribution in [0, 0.1) is 5.92 Å². The van der Waals surface area contributed by atoms with E-state index < -0.39 is 46.3 Å². The Kier molecular flexibility index (Phi) is 30.3. The number of ether oxygens (including phenoxy) is 1. The van der Waals surface area contributed by atoms with Crippen LogP contribution in [0.3, 0.4) is 0 Å². The smallest absolute Gasteiger partial charge is 0.264 e. The second-order valence-electron chi connectivity index (χ2n) is 28.4. The molecular weight excluding hydrogens is 1390 g/mol. The summed E-state index contributed by atoms with van der Waals surface area (Å²) in [4.78, 5) is 31.5. The van der Waals surface area contributed by atoms with E-state index >= 15 is 9.13 Å². The first-order valence-electron chi connectivity index (χ1n) is 36.5. The second-order valence-corrected chi connectivity index (χ2v) is 38.6. The van der Waals surface area contributed by atoms with E-state index in [1.165, 1.54) is 27.8 Å². The number of benzene rings is 6. The van der Waals surface area contributed by atoms with E-state index in [0.717, 1.165) is 89.9 Å². The van der Waals surface area contributed by atoms with Crippen molar-refractivity contribution in [2.24, 2.45) is 5.92 Å². The van der Waals surface area contributed by atoms with Crippen molar-refractivity contribution < 1.29 is 58.4 Å². The van der Waals surface area contributed by atoms with Gasteiger partial charge in [0.25, 0.3) is 20.2 Å². The summed E-state index contributed by atoms with van der Waals surface area (Å²) in [5.41, 5.74) is 11.3. The van der Waals surface area contributed by atoms with E-state index in [2.05, 4.69) is 104 Å². The van der Waals surface area contributed by atoms with Crippen LogP contribution in [0.1, 0.15) is 156 Å². The highest BCUT2D eigenvalue weighted by atomic mass is 32.2. The zero-order chi connectivity index (χ0) is 73.4. The number of thioether (sulfide) groups is 1. The Bertz CT molecular complexity index is 4010. The Labute approximate surface area is 616 Å². The maximum atomic E-state index is 16.0.